The van der Waals surface area contributed by atoms with Crippen LogP contribution >= 0.6 is 0 Å². The first-order valence-electron chi connectivity index (χ1n) is 6.91. The fraction of sp³-hybridized carbons (Fsp3) is 1.00. The van der Waals surface area contributed by atoms with Crippen LogP contribution in [0.5, 0.6) is 0 Å². The molecule has 3 atom stereocenters. The van der Waals surface area contributed by atoms with Gasteiger partial charge in [-0.15, -0.1) is 0 Å². The van der Waals surface area contributed by atoms with E-state index in [4.69, 9.17) is 0 Å². The van der Waals surface area contributed by atoms with Crippen LogP contribution in [0.2, 0.25) is 0 Å². The number of aliphatic hydroxyl groups excluding tert-OH is 1. The van der Waals surface area contributed by atoms with Crippen molar-refractivity contribution in [2.75, 3.05) is 13.1 Å². The minimum atomic E-state index is -0.0288. The van der Waals surface area contributed by atoms with E-state index >= 15 is 0 Å². The van der Waals surface area contributed by atoms with Gasteiger partial charge in [0.15, 0.2) is 0 Å². The lowest BCUT2D eigenvalue weighted by molar-refractivity contribution is -0.0607. The zero-order valence-corrected chi connectivity index (χ0v) is 11.1. The van der Waals surface area contributed by atoms with Crippen LogP contribution in [0.25, 0.3) is 0 Å². The predicted octanol–water partition coefficient (Wildman–Crippen LogP) is 2.66. The minimum Gasteiger partial charge on any atom is -0.392 e. The number of likely N-dealkylation sites (tertiary alicyclic amines) is 1. The molecule has 1 aliphatic carbocycles. The highest BCUT2D eigenvalue weighted by atomic mass is 16.3. The summed E-state index contributed by atoms with van der Waals surface area (Å²) in [6, 6.07) is 0. The van der Waals surface area contributed by atoms with Gasteiger partial charge in [0.25, 0.3) is 0 Å². The van der Waals surface area contributed by atoms with Crippen molar-refractivity contribution < 1.29 is 5.11 Å². The summed E-state index contributed by atoms with van der Waals surface area (Å²) in [6.07, 6.45) is 6.42. The topological polar surface area (TPSA) is 23.5 Å². The SMILES string of the molecule is CC(C)(C)N1C[C@H]2CCCCC[C@@H](C1)C2O. The van der Waals surface area contributed by atoms with E-state index in [2.05, 4.69) is 25.7 Å². The molecule has 1 saturated heterocycles. The van der Waals surface area contributed by atoms with Gasteiger partial charge in [0.05, 0.1) is 6.10 Å². The molecule has 1 saturated carbocycles. The van der Waals surface area contributed by atoms with E-state index in [9.17, 15) is 5.11 Å². The summed E-state index contributed by atoms with van der Waals surface area (Å²) in [5.41, 5.74) is 0.260. The van der Waals surface area contributed by atoms with Crippen molar-refractivity contribution in [1.82, 2.24) is 4.90 Å². The van der Waals surface area contributed by atoms with E-state index in [0.29, 0.717) is 11.8 Å². The molecule has 0 spiro atoms. The van der Waals surface area contributed by atoms with Crippen molar-refractivity contribution in [2.45, 2.75) is 64.5 Å². The standard InChI is InChI=1S/C14H27NO/c1-14(2,3)15-9-11-7-5-4-6-8-12(10-15)13(11)16/h11-13,16H,4-10H2,1-3H3/t11-,12+,13?. The number of fused-ring (bicyclic) bond motifs is 2. The van der Waals surface area contributed by atoms with Crippen molar-refractivity contribution in [3.63, 3.8) is 0 Å². The van der Waals surface area contributed by atoms with Gasteiger partial charge in [0.1, 0.15) is 0 Å². The molecule has 94 valence electrons. The average Bonchev–Trinajstić information content (AvgIpc) is 2.20. The maximum Gasteiger partial charge on any atom is 0.0620 e. The van der Waals surface area contributed by atoms with Gasteiger partial charge in [0, 0.05) is 18.6 Å². The normalized spacial score (nSPS) is 37.9. The number of nitrogens with zero attached hydrogens (tertiary/aromatic N) is 1. The van der Waals surface area contributed by atoms with Crippen molar-refractivity contribution in [3.05, 3.63) is 0 Å². The molecule has 0 aromatic heterocycles. The van der Waals surface area contributed by atoms with Crippen LogP contribution in [0.4, 0.5) is 0 Å². The van der Waals surface area contributed by atoms with Gasteiger partial charge in [-0.2, -0.15) is 0 Å². The molecule has 1 unspecified atom stereocenters. The minimum absolute atomic E-state index is 0.0288. The monoisotopic (exact) mass is 225 g/mol. The quantitative estimate of drug-likeness (QED) is 0.685. The Hall–Kier alpha value is -0.0800. The second-order valence-corrected chi connectivity index (χ2v) is 6.72. The molecule has 2 fully saturated rings. The Bertz CT molecular complexity index is 217. The van der Waals surface area contributed by atoms with Gasteiger partial charge >= 0.3 is 0 Å². The van der Waals surface area contributed by atoms with Crippen LogP contribution in [0.15, 0.2) is 0 Å². The van der Waals surface area contributed by atoms with Crippen LogP contribution in [0.1, 0.15) is 52.9 Å². The van der Waals surface area contributed by atoms with Gasteiger partial charge in [-0.05, 0) is 45.4 Å². The summed E-state index contributed by atoms with van der Waals surface area (Å²) in [7, 11) is 0. The fourth-order valence-corrected chi connectivity index (χ4v) is 3.30. The summed E-state index contributed by atoms with van der Waals surface area (Å²) < 4.78 is 0. The van der Waals surface area contributed by atoms with E-state index in [1.165, 1.54) is 32.1 Å². The van der Waals surface area contributed by atoms with Crippen LogP contribution in [-0.4, -0.2) is 34.7 Å². The third kappa shape index (κ3) is 2.60. The molecule has 2 heteroatoms. The lowest BCUT2D eigenvalue weighted by atomic mass is 9.77. The Balaban J connectivity index is 2.09. The van der Waals surface area contributed by atoms with Crippen molar-refractivity contribution in [2.24, 2.45) is 11.8 Å². The Morgan fingerprint density at radius 1 is 0.938 bits per heavy atom. The summed E-state index contributed by atoms with van der Waals surface area (Å²) in [6.45, 7) is 9.09. The predicted molar refractivity (Wildman–Crippen MR) is 67.4 cm³/mol. The Morgan fingerprint density at radius 2 is 1.44 bits per heavy atom. The van der Waals surface area contributed by atoms with E-state index in [-0.39, 0.29) is 11.6 Å². The smallest absolute Gasteiger partial charge is 0.0620 e. The van der Waals surface area contributed by atoms with Gasteiger partial charge in [-0.1, -0.05) is 19.3 Å². The van der Waals surface area contributed by atoms with E-state index in [1.54, 1.807) is 0 Å². The molecule has 2 aliphatic rings. The van der Waals surface area contributed by atoms with E-state index < -0.39 is 0 Å². The van der Waals surface area contributed by atoms with E-state index in [0.717, 1.165) is 13.1 Å². The van der Waals surface area contributed by atoms with Gasteiger partial charge in [-0.25, -0.2) is 0 Å². The molecule has 0 radical (unpaired) electrons. The van der Waals surface area contributed by atoms with Crippen molar-refractivity contribution >= 4 is 0 Å². The first kappa shape index (κ1) is 12.4. The first-order valence-corrected chi connectivity index (χ1v) is 6.91. The van der Waals surface area contributed by atoms with E-state index in [1.807, 2.05) is 0 Å². The van der Waals surface area contributed by atoms with Crippen molar-refractivity contribution in [3.8, 4) is 0 Å². The number of rotatable bonds is 0. The molecular weight excluding hydrogens is 198 g/mol. The van der Waals surface area contributed by atoms with Gasteiger partial charge < -0.3 is 5.11 Å². The first-order chi connectivity index (χ1) is 7.48. The molecule has 16 heavy (non-hydrogen) atoms. The highest BCUT2D eigenvalue weighted by Gasteiger charge is 2.39. The third-order valence-corrected chi connectivity index (χ3v) is 4.47. The summed E-state index contributed by atoms with van der Waals surface area (Å²) >= 11 is 0. The maximum atomic E-state index is 10.4. The highest BCUT2D eigenvalue weighted by molar-refractivity contribution is 4.92. The molecule has 1 aliphatic heterocycles. The third-order valence-electron chi connectivity index (χ3n) is 4.47. The molecule has 1 heterocycles. The van der Waals surface area contributed by atoms with Crippen LogP contribution in [0.3, 0.4) is 0 Å². The Kier molecular flexibility index (Phi) is 3.60. The summed E-state index contributed by atoms with van der Waals surface area (Å²) in [5.74, 6) is 1.05. The second-order valence-electron chi connectivity index (χ2n) is 6.72. The zero-order chi connectivity index (χ0) is 11.8. The molecule has 0 aromatic carbocycles. The second kappa shape index (κ2) is 4.66. The van der Waals surface area contributed by atoms with Crippen LogP contribution in [0, 0.1) is 11.8 Å². The molecule has 0 aromatic rings. The molecule has 0 amide bonds. The zero-order valence-electron chi connectivity index (χ0n) is 11.1. The number of aliphatic hydroxyl groups is 1. The molecule has 2 bridgehead atoms. The van der Waals surface area contributed by atoms with Crippen LogP contribution in [-0.2, 0) is 0 Å². The largest absolute Gasteiger partial charge is 0.392 e. The molecule has 2 nitrogen and oxygen atoms in total. The average molecular weight is 225 g/mol. The molecular formula is C14H27NO. The molecule has 1 N–H and O–H groups in total. The highest BCUT2D eigenvalue weighted by Crippen LogP contribution is 2.35. The molecule has 2 rings (SSSR count). The fourth-order valence-electron chi connectivity index (χ4n) is 3.30. The number of hydrogen-bond donors (Lipinski definition) is 1. The van der Waals surface area contributed by atoms with Crippen LogP contribution < -0.4 is 0 Å². The van der Waals surface area contributed by atoms with Crippen molar-refractivity contribution in [1.29, 1.82) is 0 Å². The lowest BCUT2D eigenvalue weighted by Gasteiger charge is -2.48. The number of piperidine rings is 1. The maximum absolute atomic E-state index is 10.4. The Labute approximate surface area is 100 Å². The summed E-state index contributed by atoms with van der Waals surface area (Å²) in [4.78, 5) is 2.58. The van der Waals surface area contributed by atoms with Gasteiger partial charge in [0.2, 0.25) is 0 Å². The lowest BCUT2D eigenvalue weighted by Crippen LogP contribution is -2.55. The number of hydrogen-bond acceptors (Lipinski definition) is 2. The Morgan fingerprint density at radius 3 is 1.88 bits per heavy atom. The van der Waals surface area contributed by atoms with Gasteiger partial charge in [-0.3, -0.25) is 4.90 Å². The summed E-state index contributed by atoms with van der Waals surface area (Å²) in [5, 5.41) is 10.4.